The Morgan fingerprint density at radius 1 is 1.36 bits per heavy atom. The van der Waals surface area contributed by atoms with E-state index in [0.29, 0.717) is 27.7 Å². The van der Waals surface area contributed by atoms with Gasteiger partial charge in [-0.15, -0.1) is 0 Å². The van der Waals surface area contributed by atoms with Gasteiger partial charge in [-0.1, -0.05) is 18.2 Å². The molecule has 3 N–H and O–H groups in total. The van der Waals surface area contributed by atoms with Gasteiger partial charge in [-0.25, -0.2) is 9.18 Å². The van der Waals surface area contributed by atoms with Gasteiger partial charge in [0.05, 0.1) is 11.6 Å². The molecule has 7 heteroatoms. The van der Waals surface area contributed by atoms with Gasteiger partial charge in [0.1, 0.15) is 23.4 Å². The number of ether oxygens (including phenoxy) is 1. The molecule has 0 aromatic heterocycles. The average molecular weight is 341 g/mol. The number of carbonyl (C=O) groups excluding carboxylic acids is 1. The van der Waals surface area contributed by atoms with Crippen molar-refractivity contribution in [1.29, 1.82) is 5.26 Å². The molecule has 0 spiro atoms. The van der Waals surface area contributed by atoms with E-state index in [1.165, 1.54) is 24.3 Å². The van der Waals surface area contributed by atoms with E-state index in [9.17, 15) is 19.7 Å². The van der Waals surface area contributed by atoms with Gasteiger partial charge < -0.3 is 10.5 Å². The first-order valence-electron chi connectivity index (χ1n) is 7.34. The second-order valence-corrected chi connectivity index (χ2v) is 5.21. The molecule has 0 aliphatic rings. The molecule has 0 radical (unpaired) electrons. The molecule has 0 bridgehead atoms. The van der Waals surface area contributed by atoms with Crippen LogP contribution in [0.5, 0.6) is 11.5 Å². The molecule has 128 valence electrons. The average Bonchev–Trinajstić information content (AvgIpc) is 2.61. The van der Waals surface area contributed by atoms with E-state index in [-0.39, 0.29) is 5.82 Å². The van der Waals surface area contributed by atoms with E-state index in [0.717, 1.165) is 0 Å². The second-order valence-electron chi connectivity index (χ2n) is 5.21. The zero-order chi connectivity index (χ0) is 18.4. The van der Waals surface area contributed by atoms with Crippen molar-refractivity contribution in [2.45, 2.75) is 13.0 Å². The number of urea groups is 1. The number of nitrogens with zero attached hydrogens (tertiary/aromatic N) is 2. The minimum Gasteiger partial charge on any atom is -0.456 e. The fraction of sp³-hybridized carbons (Fsp3) is 0.111. The van der Waals surface area contributed by atoms with Gasteiger partial charge in [0, 0.05) is 0 Å². The molecule has 0 saturated heterocycles. The summed E-state index contributed by atoms with van der Waals surface area (Å²) < 4.78 is 18.6. The quantitative estimate of drug-likeness (QED) is 0.640. The first-order valence-corrected chi connectivity index (χ1v) is 7.34. The molecule has 0 aliphatic carbocycles. The predicted molar refractivity (Wildman–Crippen MR) is 89.3 cm³/mol. The lowest BCUT2D eigenvalue weighted by molar-refractivity contribution is -0.0560. The minimum absolute atomic E-state index is 0.305. The number of rotatable bonds is 5. The molecule has 0 aliphatic heterocycles. The summed E-state index contributed by atoms with van der Waals surface area (Å²) in [6, 6.07) is 10.7. The first-order chi connectivity index (χ1) is 11.9. The SMILES string of the molecule is CC(/C=C/c1ccc(C#N)c(Oc2ccc(F)cc2)c1)N(O)C(N)=O. The normalized spacial score (nSPS) is 11.8. The molecule has 2 aromatic carbocycles. The maximum atomic E-state index is 13.0. The highest BCUT2D eigenvalue weighted by molar-refractivity contribution is 5.71. The Morgan fingerprint density at radius 2 is 2.04 bits per heavy atom. The van der Waals surface area contributed by atoms with Crippen LogP contribution in [0.1, 0.15) is 18.1 Å². The number of nitrogens with two attached hydrogens (primary N) is 1. The molecule has 25 heavy (non-hydrogen) atoms. The summed E-state index contributed by atoms with van der Waals surface area (Å²) in [5, 5.41) is 19.0. The van der Waals surface area contributed by atoms with Gasteiger partial charge in [0.2, 0.25) is 0 Å². The Kier molecular flexibility index (Phi) is 5.71. The summed E-state index contributed by atoms with van der Waals surface area (Å²) in [7, 11) is 0. The smallest absolute Gasteiger partial charge is 0.339 e. The van der Waals surface area contributed by atoms with Crippen LogP contribution in [0.4, 0.5) is 9.18 Å². The Morgan fingerprint density at radius 3 is 2.64 bits per heavy atom. The number of halogens is 1. The minimum atomic E-state index is -0.961. The Labute approximate surface area is 144 Å². The molecule has 1 atom stereocenters. The molecule has 0 heterocycles. The zero-order valence-electron chi connectivity index (χ0n) is 13.4. The van der Waals surface area contributed by atoms with Crippen molar-refractivity contribution in [1.82, 2.24) is 5.06 Å². The number of hydroxylamine groups is 2. The fourth-order valence-electron chi connectivity index (χ4n) is 1.98. The molecule has 2 amide bonds. The van der Waals surface area contributed by atoms with Crippen LogP contribution >= 0.6 is 0 Å². The molecular weight excluding hydrogens is 325 g/mol. The third-order valence-corrected chi connectivity index (χ3v) is 3.35. The van der Waals surface area contributed by atoms with Crippen LogP contribution in [0.2, 0.25) is 0 Å². The molecule has 0 saturated carbocycles. The maximum absolute atomic E-state index is 13.0. The van der Waals surface area contributed by atoms with Crippen LogP contribution in [0.15, 0.2) is 48.5 Å². The number of nitriles is 1. The maximum Gasteiger partial charge on any atom is 0.339 e. The van der Waals surface area contributed by atoms with Crippen molar-refractivity contribution in [2.75, 3.05) is 0 Å². The number of hydrogen-bond donors (Lipinski definition) is 2. The van der Waals surface area contributed by atoms with Gasteiger partial charge in [-0.3, -0.25) is 5.21 Å². The summed E-state index contributed by atoms with van der Waals surface area (Å²) in [5.74, 6) is 0.309. The Balaban J connectivity index is 2.23. The lowest BCUT2D eigenvalue weighted by atomic mass is 10.1. The Hall–Kier alpha value is -3.37. The molecule has 6 nitrogen and oxygen atoms in total. The number of hydrogen-bond acceptors (Lipinski definition) is 4. The van der Waals surface area contributed by atoms with Crippen LogP contribution in [-0.2, 0) is 0 Å². The third kappa shape index (κ3) is 4.80. The van der Waals surface area contributed by atoms with Gasteiger partial charge in [-0.2, -0.15) is 10.3 Å². The zero-order valence-corrected chi connectivity index (χ0v) is 13.4. The van der Waals surface area contributed by atoms with E-state index < -0.39 is 12.1 Å². The number of carbonyl (C=O) groups is 1. The second kappa shape index (κ2) is 7.95. The topological polar surface area (TPSA) is 99.6 Å². The number of benzene rings is 2. The van der Waals surface area contributed by atoms with Crippen molar-refractivity contribution >= 4 is 12.1 Å². The van der Waals surface area contributed by atoms with Crippen LogP contribution in [0.3, 0.4) is 0 Å². The van der Waals surface area contributed by atoms with Gasteiger partial charge in [0.25, 0.3) is 0 Å². The lowest BCUT2D eigenvalue weighted by Crippen LogP contribution is -2.38. The van der Waals surface area contributed by atoms with Crippen molar-refractivity contribution < 1.29 is 19.1 Å². The third-order valence-electron chi connectivity index (χ3n) is 3.35. The summed E-state index contributed by atoms with van der Waals surface area (Å²) in [6.07, 6.45) is 3.21. The van der Waals surface area contributed by atoms with Crippen molar-refractivity contribution in [3.05, 3.63) is 65.5 Å². The molecule has 0 fully saturated rings. The van der Waals surface area contributed by atoms with Crippen molar-refractivity contribution in [2.24, 2.45) is 5.73 Å². The summed E-state index contributed by atoms with van der Waals surface area (Å²) in [6.45, 7) is 1.58. The van der Waals surface area contributed by atoms with Crippen molar-refractivity contribution in [3.8, 4) is 17.6 Å². The van der Waals surface area contributed by atoms with E-state index in [2.05, 4.69) is 0 Å². The standard InChI is InChI=1S/C18H16FN3O3/c1-12(22(24)18(21)23)2-3-13-4-5-14(11-20)17(10-13)25-16-8-6-15(19)7-9-16/h2-10,12,24H,1H3,(H2,21,23)/b3-2+. The van der Waals surface area contributed by atoms with E-state index in [1.54, 1.807) is 37.3 Å². The van der Waals surface area contributed by atoms with Gasteiger partial charge in [-0.05, 0) is 48.9 Å². The van der Waals surface area contributed by atoms with Crippen LogP contribution in [-0.4, -0.2) is 22.3 Å². The highest BCUT2D eigenvalue weighted by atomic mass is 19.1. The summed E-state index contributed by atoms with van der Waals surface area (Å²) in [5.41, 5.74) is 5.98. The molecule has 1 unspecified atom stereocenters. The lowest BCUT2D eigenvalue weighted by Gasteiger charge is -2.16. The number of amides is 2. The van der Waals surface area contributed by atoms with E-state index in [4.69, 9.17) is 10.5 Å². The molecular formula is C18H16FN3O3. The monoisotopic (exact) mass is 341 g/mol. The fourth-order valence-corrected chi connectivity index (χ4v) is 1.98. The highest BCUT2D eigenvalue weighted by Crippen LogP contribution is 2.27. The highest BCUT2D eigenvalue weighted by Gasteiger charge is 2.12. The summed E-state index contributed by atoms with van der Waals surface area (Å²) >= 11 is 0. The van der Waals surface area contributed by atoms with Crippen LogP contribution in [0.25, 0.3) is 6.08 Å². The van der Waals surface area contributed by atoms with Gasteiger partial charge >= 0.3 is 6.03 Å². The van der Waals surface area contributed by atoms with Gasteiger partial charge in [0.15, 0.2) is 0 Å². The van der Waals surface area contributed by atoms with Crippen LogP contribution in [0, 0.1) is 17.1 Å². The molecule has 2 aromatic rings. The van der Waals surface area contributed by atoms with Crippen LogP contribution < -0.4 is 10.5 Å². The van der Waals surface area contributed by atoms with E-state index >= 15 is 0 Å². The largest absolute Gasteiger partial charge is 0.456 e. The van der Waals surface area contributed by atoms with E-state index in [1.807, 2.05) is 6.07 Å². The predicted octanol–water partition coefficient (Wildman–Crippen LogP) is 3.66. The summed E-state index contributed by atoms with van der Waals surface area (Å²) in [4.78, 5) is 10.9. The first kappa shape index (κ1) is 18.0. The Bertz CT molecular complexity index is 828. The van der Waals surface area contributed by atoms with Crippen molar-refractivity contribution in [3.63, 3.8) is 0 Å². The molecule has 2 rings (SSSR count). The number of primary amides is 1.